The molecule has 1 rings (SSSR count). The lowest BCUT2D eigenvalue weighted by Gasteiger charge is -2.01. The van der Waals surface area contributed by atoms with Gasteiger partial charge in [-0.1, -0.05) is 11.6 Å². The van der Waals surface area contributed by atoms with E-state index in [1.54, 1.807) is 0 Å². The maximum absolute atomic E-state index is 12.9. The summed E-state index contributed by atoms with van der Waals surface area (Å²) in [4.78, 5) is 3.25. The molecule has 3 nitrogen and oxygen atoms in total. The highest BCUT2D eigenvalue weighted by Crippen LogP contribution is 2.20. The second-order valence-electron chi connectivity index (χ2n) is 2.25. The van der Waals surface area contributed by atoms with Crippen LogP contribution in [0.15, 0.2) is 12.3 Å². The van der Waals surface area contributed by atoms with Crippen molar-refractivity contribution in [2.24, 2.45) is 0 Å². The molecule has 0 aliphatic heterocycles. The van der Waals surface area contributed by atoms with E-state index in [0.717, 1.165) is 6.20 Å². The highest BCUT2D eigenvalue weighted by Gasteiger charge is 2.15. The molecule has 0 N–H and O–H groups in total. The van der Waals surface area contributed by atoms with E-state index in [0.29, 0.717) is 0 Å². The van der Waals surface area contributed by atoms with Crippen molar-refractivity contribution in [3.8, 4) is 0 Å². The van der Waals surface area contributed by atoms with E-state index < -0.39 is 20.8 Å². The van der Waals surface area contributed by atoms with Gasteiger partial charge in [-0.25, -0.2) is 13.4 Å². The molecule has 0 amide bonds. The van der Waals surface area contributed by atoms with Crippen LogP contribution in [0.5, 0.6) is 0 Å². The summed E-state index contributed by atoms with van der Waals surface area (Å²) in [6.45, 7) is 0. The molecule has 1 heterocycles. The van der Waals surface area contributed by atoms with Gasteiger partial charge in [-0.05, 0) is 6.07 Å². The fourth-order valence-corrected chi connectivity index (χ4v) is 1.97. The SMILES string of the molecule is O=S(=O)(Cl)Cc1c(Cl)ccnc1F. The first kappa shape index (κ1) is 10.7. The molecule has 0 fully saturated rings. The van der Waals surface area contributed by atoms with Crippen molar-refractivity contribution >= 4 is 31.3 Å². The van der Waals surface area contributed by atoms with E-state index in [1.807, 2.05) is 0 Å². The van der Waals surface area contributed by atoms with Crippen molar-refractivity contribution in [1.29, 1.82) is 0 Å². The minimum absolute atomic E-state index is 0.00303. The molecule has 0 aliphatic rings. The second-order valence-corrected chi connectivity index (χ2v) is 5.43. The molecule has 1 aromatic rings. The van der Waals surface area contributed by atoms with Gasteiger partial charge in [0.2, 0.25) is 15.0 Å². The second kappa shape index (κ2) is 3.77. The molecule has 0 saturated heterocycles. The maximum atomic E-state index is 12.9. The molecule has 0 atom stereocenters. The van der Waals surface area contributed by atoms with Crippen molar-refractivity contribution in [2.45, 2.75) is 5.75 Å². The zero-order chi connectivity index (χ0) is 10.1. The van der Waals surface area contributed by atoms with Crippen LogP contribution in [0.3, 0.4) is 0 Å². The monoisotopic (exact) mass is 243 g/mol. The Morgan fingerprint density at radius 1 is 1.54 bits per heavy atom. The molecule has 72 valence electrons. The number of halogens is 3. The van der Waals surface area contributed by atoms with E-state index in [9.17, 15) is 12.8 Å². The van der Waals surface area contributed by atoms with Gasteiger partial charge in [0.05, 0.1) is 10.8 Å². The quantitative estimate of drug-likeness (QED) is 0.590. The van der Waals surface area contributed by atoms with Gasteiger partial charge in [0.25, 0.3) is 0 Å². The van der Waals surface area contributed by atoms with Crippen LogP contribution >= 0.6 is 22.3 Å². The Kier molecular flexibility index (Phi) is 3.10. The third kappa shape index (κ3) is 3.10. The highest BCUT2D eigenvalue weighted by atomic mass is 35.7. The van der Waals surface area contributed by atoms with Gasteiger partial charge in [0.15, 0.2) is 0 Å². The first-order chi connectivity index (χ1) is 5.90. The first-order valence-corrected chi connectivity index (χ1v) is 5.97. The van der Waals surface area contributed by atoms with Crippen LogP contribution in [0.4, 0.5) is 4.39 Å². The summed E-state index contributed by atoms with van der Waals surface area (Å²) in [5.41, 5.74) is -0.209. The van der Waals surface area contributed by atoms with Crippen LogP contribution in [0.1, 0.15) is 5.56 Å². The van der Waals surface area contributed by atoms with Crippen LogP contribution < -0.4 is 0 Å². The number of rotatable bonds is 2. The van der Waals surface area contributed by atoms with Crippen LogP contribution in [0.2, 0.25) is 5.02 Å². The van der Waals surface area contributed by atoms with Gasteiger partial charge in [0.1, 0.15) is 0 Å². The summed E-state index contributed by atoms with van der Waals surface area (Å²) in [6, 6.07) is 1.29. The number of aromatic nitrogens is 1. The molecule has 7 heteroatoms. The molecule has 0 aromatic carbocycles. The largest absolute Gasteiger partial charge is 0.236 e. The predicted octanol–water partition coefficient (Wildman–Crippen LogP) is 1.94. The van der Waals surface area contributed by atoms with Crippen LogP contribution in [0, 0.1) is 5.95 Å². The average Bonchev–Trinajstić information content (AvgIpc) is 1.95. The Balaban J connectivity index is 3.15. The van der Waals surface area contributed by atoms with Gasteiger partial charge in [0, 0.05) is 22.4 Å². The minimum atomic E-state index is -3.81. The van der Waals surface area contributed by atoms with Crippen molar-refractivity contribution in [3.05, 3.63) is 28.8 Å². The zero-order valence-corrected chi connectivity index (χ0v) is 8.50. The molecular weight excluding hydrogens is 240 g/mol. The lowest BCUT2D eigenvalue weighted by Crippen LogP contribution is -2.00. The lowest BCUT2D eigenvalue weighted by atomic mass is 10.3. The molecule has 0 saturated carbocycles. The number of pyridine rings is 1. The van der Waals surface area contributed by atoms with Gasteiger partial charge in [-0.15, -0.1) is 0 Å². The number of hydrogen-bond donors (Lipinski definition) is 0. The third-order valence-corrected chi connectivity index (χ3v) is 2.58. The molecule has 0 radical (unpaired) electrons. The van der Waals surface area contributed by atoms with Crippen LogP contribution in [0.25, 0.3) is 0 Å². The van der Waals surface area contributed by atoms with E-state index in [1.165, 1.54) is 6.07 Å². The standard InChI is InChI=1S/C6H4Cl2FNO2S/c7-5-1-2-10-6(9)4(5)3-13(8,11)12/h1-2H,3H2. The summed E-state index contributed by atoms with van der Waals surface area (Å²) >= 11 is 5.53. The molecular formula is C6H4Cl2FNO2S. The van der Waals surface area contributed by atoms with Crippen molar-refractivity contribution in [2.75, 3.05) is 0 Å². The summed E-state index contributed by atoms with van der Waals surface area (Å²) in [5, 5.41) is -0.00303. The van der Waals surface area contributed by atoms with E-state index in [2.05, 4.69) is 4.98 Å². The predicted molar refractivity (Wildman–Crippen MR) is 47.7 cm³/mol. The smallest absolute Gasteiger partial charge is 0.228 e. The number of hydrogen-bond acceptors (Lipinski definition) is 3. The van der Waals surface area contributed by atoms with Gasteiger partial charge >= 0.3 is 0 Å². The lowest BCUT2D eigenvalue weighted by molar-refractivity contribution is 0.568. The van der Waals surface area contributed by atoms with Crippen molar-refractivity contribution in [1.82, 2.24) is 4.98 Å². The zero-order valence-electron chi connectivity index (χ0n) is 6.17. The molecule has 0 bridgehead atoms. The third-order valence-electron chi connectivity index (χ3n) is 1.26. The van der Waals surface area contributed by atoms with E-state index in [-0.39, 0.29) is 10.6 Å². The van der Waals surface area contributed by atoms with Gasteiger partial charge in [-0.3, -0.25) is 0 Å². The van der Waals surface area contributed by atoms with Crippen molar-refractivity contribution in [3.63, 3.8) is 0 Å². The van der Waals surface area contributed by atoms with Gasteiger partial charge in [-0.2, -0.15) is 4.39 Å². The Bertz CT molecular complexity index is 400. The Morgan fingerprint density at radius 3 is 2.62 bits per heavy atom. The molecule has 0 unspecified atom stereocenters. The Morgan fingerprint density at radius 2 is 2.15 bits per heavy atom. The highest BCUT2D eigenvalue weighted by molar-refractivity contribution is 8.13. The molecule has 0 aliphatic carbocycles. The van der Waals surface area contributed by atoms with Crippen molar-refractivity contribution < 1.29 is 12.8 Å². The van der Waals surface area contributed by atoms with Crippen LogP contribution in [-0.4, -0.2) is 13.4 Å². The molecule has 0 spiro atoms. The minimum Gasteiger partial charge on any atom is -0.228 e. The summed E-state index contributed by atoms with van der Waals surface area (Å²) in [7, 11) is 1.12. The van der Waals surface area contributed by atoms with Gasteiger partial charge < -0.3 is 0 Å². The van der Waals surface area contributed by atoms with E-state index >= 15 is 0 Å². The first-order valence-electron chi connectivity index (χ1n) is 3.11. The van der Waals surface area contributed by atoms with Crippen LogP contribution in [-0.2, 0) is 14.8 Å². The Labute approximate surface area is 83.9 Å². The molecule has 13 heavy (non-hydrogen) atoms. The number of nitrogens with zero attached hydrogens (tertiary/aromatic N) is 1. The normalized spacial score (nSPS) is 11.6. The summed E-state index contributed by atoms with van der Waals surface area (Å²) in [5.74, 6) is -1.58. The maximum Gasteiger partial charge on any atom is 0.236 e. The average molecular weight is 244 g/mol. The fourth-order valence-electron chi connectivity index (χ4n) is 0.746. The summed E-state index contributed by atoms with van der Waals surface area (Å²) in [6.07, 6.45) is 1.14. The topological polar surface area (TPSA) is 47.0 Å². The fraction of sp³-hybridized carbons (Fsp3) is 0.167. The summed E-state index contributed by atoms with van der Waals surface area (Å²) < 4.78 is 34.1. The Hall–Kier alpha value is -0.390. The van der Waals surface area contributed by atoms with E-state index in [4.69, 9.17) is 22.3 Å². The molecule has 1 aromatic heterocycles.